The van der Waals surface area contributed by atoms with E-state index in [9.17, 15) is 14.0 Å². The molecule has 1 fully saturated rings. The summed E-state index contributed by atoms with van der Waals surface area (Å²) in [5, 5.41) is 8.94. The number of benzene rings is 1. The number of amides is 3. The van der Waals surface area contributed by atoms with E-state index < -0.39 is 0 Å². The number of urea groups is 1. The van der Waals surface area contributed by atoms with E-state index in [4.69, 9.17) is 4.74 Å². The highest BCUT2D eigenvalue weighted by Gasteiger charge is 2.35. The molecule has 0 spiro atoms. The second kappa shape index (κ2) is 11.5. The number of carbonyl (C=O) groups excluding carboxylic acids is 2. The van der Waals surface area contributed by atoms with Crippen LogP contribution in [0.3, 0.4) is 0 Å². The molecular weight excluding hydrogens is 451 g/mol. The van der Waals surface area contributed by atoms with Gasteiger partial charge in [-0.25, -0.2) is 14.2 Å². The lowest BCUT2D eigenvalue weighted by molar-refractivity contribution is -0.133. The molecule has 1 N–H and O–H groups in total. The summed E-state index contributed by atoms with van der Waals surface area (Å²) in [7, 11) is 1.93. The molecule has 188 valence electrons. The van der Waals surface area contributed by atoms with Crippen molar-refractivity contribution in [2.45, 2.75) is 19.4 Å². The van der Waals surface area contributed by atoms with Crippen molar-refractivity contribution in [3.05, 3.63) is 59.7 Å². The van der Waals surface area contributed by atoms with Gasteiger partial charge in [0.2, 0.25) is 0 Å². The van der Waals surface area contributed by atoms with E-state index in [1.54, 1.807) is 17.0 Å². The summed E-state index contributed by atoms with van der Waals surface area (Å²) in [6, 6.07) is 9.38. The first-order valence-corrected chi connectivity index (χ1v) is 12.1. The SMILES string of the molecule is CCNC(=O)N(CCN1CCOCC1)CC(=O)N1N=C(c2cccn2C)CC1c1ccc(F)cc1. The minimum absolute atomic E-state index is 0.0994. The number of hydrogen-bond donors (Lipinski definition) is 1. The van der Waals surface area contributed by atoms with Crippen LogP contribution in [-0.2, 0) is 16.6 Å². The zero-order valence-electron chi connectivity index (χ0n) is 20.3. The molecule has 9 nitrogen and oxygen atoms in total. The predicted molar refractivity (Wildman–Crippen MR) is 130 cm³/mol. The lowest BCUT2D eigenvalue weighted by Gasteiger charge is -2.31. The van der Waals surface area contributed by atoms with Crippen molar-refractivity contribution in [1.82, 2.24) is 24.7 Å². The predicted octanol–water partition coefficient (Wildman–Crippen LogP) is 2.21. The number of nitrogens with one attached hydrogen (secondary N) is 1. The fourth-order valence-electron chi connectivity index (χ4n) is 4.44. The summed E-state index contributed by atoms with van der Waals surface area (Å²) in [5.74, 6) is -0.615. The van der Waals surface area contributed by atoms with Crippen LogP contribution in [0.25, 0.3) is 0 Å². The van der Waals surface area contributed by atoms with Crippen molar-refractivity contribution in [2.75, 3.05) is 52.5 Å². The monoisotopic (exact) mass is 484 g/mol. The number of carbonyl (C=O) groups is 2. The van der Waals surface area contributed by atoms with Crippen LogP contribution in [0.1, 0.15) is 30.6 Å². The molecule has 0 bridgehead atoms. The van der Waals surface area contributed by atoms with Gasteiger partial charge in [0.15, 0.2) is 0 Å². The van der Waals surface area contributed by atoms with Crippen molar-refractivity contribution in [1.29, 1.82) is 0 Å². The summed E-state index contributed by atoms with van der Waals surface area (Å²) in [5.41, 5.74) is 2.49. The Balaban J connectivity index is 1.54. The van der Waals surface area contributed by atoms with Gasteiger partial charge in [-0.3, -0.25) is 9.69 Å². The highest BCUT2D eigenvalue weighted by Crippen LogP contribution is 2.33. The smallest absolute Gasteiger partial charge is 0.317 e. The largest absolute Gasteiger partial charge is 0.379 e. The second-order valence-corrected chi connectivity index (χ2v) is 8.77. The van der Waals surface area contributed by atoms with E-state index in [-0.39, 0.29) is 30.3 Å². The number of aromatic nitrogens is 1. The van der Waals surface area contributed by atoms with E-state index in [0.29, 0.717) is 39.3 Å². The normalized spacial score (nSPS) is 18.4. The minimum atomic E-state index is -0.372. The molecule has 0 aliphatic carbocycles. The molecule has 2 aliphatic heterocycles. The van der Waals surface area contributed by atoms with Crippen LogP contribution >= 0.6 is 0 Å². The molecule has 1 atom stereocenters. The molecule has 3 amide bonds. The van der Waals surface area contributed by atoms with Gasteiger partial charge in [-0.05, 0) is 36.8 Å². The fourth-order valence-corrected chi connectivity index (χ4v) is 4.44. The van der Waals surface area contributed by atoms with E-state index in [2.05, 4.69) is 15.3 Å². The summed E-state index contributed by atoms with van der Waals surface area (Å²) in [6.07, 6.45) is 2.43. The number of morpholine rings is 1. The lowest BCUT2D eigenvalue weighted by atomic mass is 10.0. The highest BCUT2D eigenvalue weighted by molar-refractivity contribution is 6.02. The van der Waals surface area contributed by atoms with Crippen LogP contribution in [0.2, 0.25) is 0 Å². The number of aryl methyl sites for hydroxylation is 1. The maximum Gasteiger partial charge on any atom is 0.317 e. The van der Waals surface area contributed by atoms with Gasteiger partial charge in [0, 0.05) is 52.4 Å². The Kier molecular flexibility index (Phi) is 8.14. The maximum atomic E-state index is 13.6. The molecule has 3 heterocycles. The fraction of sp³-hybridized carbons (Fsp3) is 0.480. The summed E-state index contributed by atoms with van der Waals surface area (Å²) < 4.78 is 20.9. The van der Waals surface area contributed by atoms with Gasteiger partial charge in [-0.1, -0.05) is 12.1 Å². The van der Waals surface area contributed by atoms with Crippen LogP contribution < -0.4 is 5.32 Å². The quantitative estimate of drug-likeness (QED) is 0.623. The minimum Gasteiger partial charge on any atom is -0.379 e. The molecule has 2 aromatic rings. The first-order valence-electron chi connectivity index (χ1n) is 12.1. The van der Waals surface area contributed by atoms with Gasteiger partial charge in [-0.2, -0.15) is 5.10 Å². The molecule has 4 rings (SSSR count). The third-order valence-corrected chi connectivity index (χ3v) is 6.39. The van der Waals surface area contributed by atoms with Crippen LogP contribution in [0.4, 0.5) is 9.18 Å². The number of hydrogen-bond acceptors (Lipinski definition) is 5. The maximum absolute atomic E-state index is 13.6. The third-order valence-electron chi connectivity index (χ3n) is 6.39. The average Bonchev–Trinajstić information content (AvgIpc) is 3.49. The second-order valence-electron chi connectivity index (χ2n) is 8.77. The van der Waals surface area contributed by atoms with Crippen LogP contribution in [0, 0.1) is 5.82 Å². The third kappa shape index (κ3) is 6.07. The number of hydrazone groups is 1. The van der Waals surface area contributed by atoms with Gasteiger partial charge >= 0.3 is 6.03 Å². The summed E-state index contributed by atoms with van der Waals surface area (Å²) in [6.45, 7) is 6.25. The van der Waals surface area contributed by atoms with Crippen LogP contribution in [-0.4, -0.2) is 89.5 Å². The Morgan fingerprint density at radius 3 is 2.60 bits per heavy atom. The Hall–Kier alpha value is -3.24. The molecule has 0 saturated carbocycles. The lowest BCUT2D eigenvalue weighted by Crippen LogP contribution is -2.49. The van der Waals surface area contributed by atoms with E-state index >= 15 is 0 Å². The number of nitrogens with zero attached hydrogens (tertiary/aromatic N) is 5. The molecule has 2 aliphatic rings. The summed E-state index contributed by atoms with van der Waals surface area (Å²) >= 11 is 0. The molecule has 35 heavy (non-hydrogen) atoms. The Morgan fingerprint density at radius 1 is 1.20 bits per heavy atom. The van der Waals surface area contributed by atoms with E-state index in [1.165, 1.54) is 17.1 Å². The van der Waals surface area contributed by atoms with Gasteiger partial charge in [0.1, 0.15) is 12.4 Å². The molecule has 10 heteroatoms. The number of ether oxygens (including phenoxy) is 1. The number of rotatable bonds is 8. The van der Waals surface area contributed by atoms with E-state index in [1.807, 2.05) is 36.9 Å². The highest BCUT2D eigenvalue weighted by atomic mass is 19.1. The molecule has 1 aromatic carbocycles. The molecule has 1 unspecified atom stereocenters. The Morgan fingerprint density at radius 2 is 1.94 bits per heavy atom. The van der Waals surface area contributed by atoms with Crippen molar-refractivity contribution in [2.24, 2.45) is 12.1 Å². The first kappa shape index (κ1) is 24.9. The molecule has 0 radical (unpaired) electrons. The van der Waals surface area contributed by atoms with Crippen molar-refractivity contribution < 1.29 is 18.7 Å². The zero-order chi connectivity index (χ0) is 24.8. The van der Waals surface area contributed by atoms with Gasteiger partial charge in [0.25, 0.3) is 5.91 Å². The van der Waals surface area contributed by atoms with Crippen molar-refractivity contribution in [3.63, 3.8) is 0 Å². The molecule has 1 aromatic heterocycles. The van der Waals surface area contributed by atoms with Crippen LogP contribution in [0.5, 0.6) is 0 Å². The summed E-state index contributed by atoms with van der Waals surface area (Å²) in [4.78, 5) is 30.1. The van der Waals surface area contributed by atoms with Crippen LogP contribution in [0.15, 0.2) is 47.7 Å². The molecule has 1 saturated heterocycles. The van der Waals surface area contributed by atoms with Gasteiger partial charge in [-0.15, -0.1) is 0 Å². The molecular formula is C25H33FN6O3. The van der Waals surface area contributed by atoms with Gasteiger partial charge < -0.3 is 19.5 Å². The van der Waals surface area contributed by atoms with Crippen molar-refractivity contribution in [3.8, 4) is 0 Å². The topological polar surface area (TPSA) is 82.4 Å². The Bertz CT molecular complexity index is 1050. The Labute approximate surface area is 205 Å². The average molecular weight is 485 g/mol. The first-order chi connectivity index (χ1) is 17.0. The van der Waals surface area contributed by atoms with Crippen molar-refractivity contribution >= 4 is 17.6 Å². The zero-order valence-corrected chi connectivity index (χ0v) is 20.3. The van der Waals surface area contributed by atoms with E-state index in [0.717, 1.165) is 30.1 Å². The number of halogens is 1. The standard InChI is InChI=1S/C25H33FN6O3/c1-3-27-25(34)31(12-11-30-13-15-35-16-14-30)18-24(33)32-23(19-6-8-20(26)9-7-19)17-21(28-32)22-5-4-10-29(22)2/h4-10,23H,3,11-18H2,1-2H3,(H,27,34). The van der Waals surface area contributed by atoms with Gasteiger partial charge in [0.05, 0.1) is 30.7 Å².